The molecule has 0 atom stereocenters. The number of piperazine rings is 1. The van der Waals surface area contributed by atoms with Gasteiger partial charge in [-0.3, -0.25) is 4.79 Å². The summed E-state index contributed by atoms with van der Waals surface area (Å²) in [6.45, 7) is 3.41. The van der Waals surface area contributed by atoms with Gasteiger partial charge in [0.25, 0.3) is 0 Å². The molecule has 1 amide bonds. The molecule has 1 aliphatic heterocycles. The second-order valence-electron chi connectivity index (χ2n) is 6.23. The molecule has 2 aromatic rings. The van der Waals surface area contributed by atoms with Crippen LogP contribution in [0.2, 0.25) is 0 Å². The van der Waals surface area contributed by atoms with Gasteiger partial charge in [-0.1, -0.05) is 30.3 Å². The van der Waals surface area contributed by atoms with Gasteiger partial charge in [-0.2, -0.15) is 0 Å². The molecule has 6 heteroatoms. The quantitative estimate of drug-likeness (QED) is 0.862. The number of nitrogens with zero attached hydrogens (tertiary/aromatic N) is 2. The van der Waals surface area contributed by atoms with Crippen LogP contribution < -0.4 is 15.0 Å². The molecule has 138 valence electrons. The highest BCUT2D eigenvalue weighted by atomic mass is 19.1. The van der Waals surface area contributed by atoms with Gasteiger partial charge in [0.15, 0.2) is 0 Å². The van der Waals surface area contributed by atoms with Crippen molar-refractivity contribution in [1.29, 1.82) is 0 Å². The maximum atomic E-state index is 13.6. The van der Waals surface area contributed by atoms with Gasteiger partial charge < -0.3 is 19.9 Å². The third-order valence-electron chi connectivity index (χ3n) is 4.61. The minimum atomic E-state index is -0.252. The summed E-state index contributed by atoms with van der Waals surface area (Å²) in [4.78, 5) is 16.4. The molecule has 5 nitrogen and oxygen atoms in total. The molecule has 1 heterocycles. The number of benzene rings is 2. The van der Waals surface area contributed by atoms with E-state index in [0.29, 0.717) is 25.2 Å². The minimum Gasteiger partial charge on any atom is -0.495 e. The third kappa shape index (κ3) is 4.32. The molecule has 1 aliphatic rings. The molecule has 0 aliphatic carbocycles. The summed E-state index contributed by atoms with van der Waals surface area (Å²) in [6, 6.07) is 14.5. The van der Waals surface area contributed by atoms with E-state index in [2.05, 4.69) is 10.2 Å². The highest BCUT2D eigenvalue weighted by Gasteiger charge is 2.22. The number of carbonyl (C=O) groups is 1. The number of amides is 1. The minimum absolute atomic E-state index is 0.0426. The summed E-state index contributed by atoms with van der Waals surface area (Å²) < 4.78 is 19.0. The Morgan fingerprint density at radius 2 is 1.77 bits per heavy atom. The first-order valence-electron chi connectivity index (χ1n) is 8.79. The van der Waals surface area contributed by atoms with E-state index < -0.39 is 0 Å². The number of hydrogen-bond donors (Lipinski definition) is 1. The molecule has 0 spiro atoms. The molecule has 26 heavy (non-hydrogen) atoms. The van der Waals surface area contributed by atoms with Crippen LogP contribution in [-0.4, -0.2) is 50.6 Å². The Kier molecular flexibility index (Phi) is 6.07. The van der Waals surface area contributed by atoms with Gasteiger partial charge in [-0.25, -0.2) is 4.39 Å². The maximum absolute atomic E-state index is 13.6. The average Bonchev–Trinajstić information content (AvgIpc) is 2.69. The zero-order valence-corrected chi connectivity index (χ0v) is 15.0. The van der Waals surface area contributed by atoms with E-state index in [1.54, 1.807) is 25.3 Å². The van der Waals surface area contributed by atoms with Crippen molar-refractivity contribution in [2.24, 2.45) is 0 Å². The van der Waals surface area contributed by atoms with E-state index in [4.69, 9.17) is 4.74 Å². The molecule has 0 radical (unpaired) electrons. The first-order chi connectivity index (χ1) is 12.7. The Balaban J connectivity index is 1.47. The van der Waals surface area contributed by atoms with Gasteiger partial charge in [-0.05, 0) is 18.2 Å². The number of hydrogen-bond acceptors (Lipinski definition) is 4. The van der Waals surface area contributed by atoms with Crippen LogP contribution in [0.15, 0.2) is 48.5 Å². The number of carbonyl (C=O) groups excluding carboxylic acids is 1. The second kappa shape index (κ2) is 8.67. The molecule has 0 bridgehead atoms. The molecular weight excluding hydrogens is 333 g/mol. The van der Waals surface area contributed by atoms with Gasteiger partial charge in [0.2, 0.25) is 5.91 Å². The molecule has 1 N–H and O–H groups in total. The monoisotopic (exact) mass is 357 g/mol. The fraction of sp³-hybridized carbons (Fsp3) is 0.350. The molecule has 1 fully saturated rings. The number of rotatable bonds is 6. The summed E-state index contributed by atoms with van der Waals surface area (Å²) >= 11 is 0. The van der Waals surface area contributed by atoms with Crippen LogP contribution in [0, 0.1) is 5.82 Å². The van der Waals surface area contributed by atoms with E-state index >= 15 is 0 Å². The van der Waals surface area contributed by atoms with E-state index in [1.165, 1.54) is 6.07 Å². The van der Waals surface area contributed by atoms with Crippen LogP contribution in [0.3, 0.4) is 0 Å². The lowest BCUT2D eigenvalue weighted by atomic mass is 10.2. The Hall–Kier alpha value is -2.60. The largest absolute Gasteiger partial charge is 0.495 e. The number of anilines is 1. The summed E-state index contributed by atoms with van der Waals surface area (Å²) in [6.07, 6.45) is 0. The predicted molar refractivity (Wildman–Crippen MR) is 99.9 cm³/mol. The highest BCUT2D eigenvalue weighted by molar-refractivity contribution is 5.78. The van der Waals surface area contributed by atoms with Crippen LogP contribution in [0.25, 0.3) is 0 Å². The van der Waals surface area contributed by atoms with E-state index in [0.717, 1.165) is 24.5 Å². The molecule has 0 saturated carbocycles. The Morgan fingerprint density at radius 1 is 1.08 bits per heavy atom. The topological polar surface area (TPSA) is 44.8 Å². The first kappa shape index (κ1) is 18.2. The predicted octanol–water partition coefficient (Wildman–Crippen LogP) is 2.27. The van der Waals surface area contributed by atoms with Gasteiger partial charge >= 0.3 is 0 Å². The molecule has 0 aromatic heterocycles. The fourth-order valence-electron chi connectivity index (χ4n) is 3.15. The van der Waals surface area contributed by atoms with Crippen molar-refractivity contribution in [3.8, 4) is 5.75 Å². The van der Waals surface area contributed by atoms with Crippen molar-refractivity contribution in [1.82, 2.24) is 10.2 Å². The first-order valence-corrected chi connectivity index (χ1v) is 8.79. The lowest BCUT2D eigenvalue weighted by molar-refractivity contribution is -0.130. The summed E-state index contributed by atoms with van der Waals surface area (Å²) in [5.41, 5.74) is 1.63. The number of halogens is 1. The van der Waals surface area contributed by atoms with Crippen LogP contribution in [0.5, 0.6) is 5.75 Å². The summed E-state index contributed by atoms with van der Waals surface area (Å²) in [7, 11) is 1.67. The Morgan fingerprint density at radius 3 is 2.50 bits per heavy atom. The SMILES string of the molecule is COc1ccccc1N1CCN(C(=O)CNCc2ccccc2F)CC1. The molecule has 2 aromatic carbocycles. The normalized spacial score (nSPS) is 14.4. The van der Waals surface area contributed by atoms with Crippen LogP contribution >= 0.6 is 0 Å². The Bertz CT molecular complexity index is 745. The smallest absolute Gasteiger partial charge is 0.236 e. The number of ether oxygens (including phenoxy) is 1. The highest BCUT2D eigenvalue weighted by Crippen LogP contribution is 2.28. The second-order valence-corrected chi connectivity index (χ2v) is 6.23. The summed E-state index contributed by atoms with van der Waals surface area (Å²) in [5, 5.41) is 3.04. The van der Waals surface area contributed by atoms with Gasteiger partial charge in [-0.15, -0.1) is 0 Å². The van der Waals surface area contributed by atoms with Crippen LogP contribution in [-0.2, 0) is 11.3 Å². The number of methoxy groups -OCH3 is 1. The standard InChI is InChI=1S/C20H24FN3O2/c1-26-19-9-5-4-8-18(19)23-10-12-24(13-11-23)20(25)15-22-14-16-6-2-3-7-17(16)21/h2-9,22H,10-15H2,1H3. The molecular formula is C20H24FN3O2. The number of nitrogens with one attached hydrogen (secondary N) is 1. The van der Waals surface area contributed by atoms with Crippen LogP contribution in [0.4, 0.5) is 10.1 Å². The lowest BCUT2D eigenvalue weighted by Gasteiger charge is -2.36. The molecule has 3 rings (SSSR count). The maximum Gasteiger partial charge on any atom is 0.236 e. The average molecular weight is 357 g/mol. The third-order valence-corrected chi connectivity index (χ3v) is 4.61. The zero-order valence-electron chi connectivity index (χ0n) is 15.0. The Labute approximate surface area is 153 Å². The summed E-state index contributed by atoms with van der Waals surface area (Å²) in [5.74, 6) is 0.637. The van der Waals surface area contributed by atoms with Crippen molar-refractivity contribution in [3.05, 3.63) is 59.9 Å². The lowest BCUT2D eigenvalue weighted by Crippen LogP contribution is -2.50. The molecule has 0 unspecified atom stereocenters. The van der Waals surface area contributed by atoms with Crippen molar-refractivity contribution < 1.29 is 13.9 Å². The van der Waals surface area contributed by atoms with Crippen LogP contribution in [0.1, 0.15) is 5.56 Å². The van der Waals surface area contributed by atoms with Gasteiger partial charge in [0, 0.05) is 38.3 Å². The van der Waals surface area contributed by atoms with Crippen molar-refractivity contribution in [2.45, 2.75) is 6.54 Å². The van der Waals surface area contributed by atoms with Gasteiger partial charge in [0.1, 0.15) is 11.6 Å². The van der Waals surface area contributed by atoms with E-state index in [-0.39, 0.29) is 18.3 Å². The number of para-hydroxylation sites is 2. The fourth-order valence-corrected chi connectivity index (χ4v) is 3.15. The van der Waals surface area contributed by atoms with Crippen molar-refractivity contribution in [3.63, 3.8) is 0 Å². The van der Waals surface area contributed by atoms with Gasteiger partial charge in [0.05, 0.1) is 19.3 Å². The zero-order chi connectivity index (χ0) is 18.4. The molecule has 1 saturated heterocycles. The van der Waals surface area contributed by atoms with Crippen molar-refractivity contribution >= 4 is 11.6 Å². The van der Waals surface area contributed by atoms with E-state index in [1.807, 2.05) is 29.2 Å². The van der Waals surface area contributed by atoms with Crippen molar-refractivity contribution in [2.75, 3.05) is 44.7 Å². The van der Waals surface area contributed by atoms with E-state index in [9.17, 15) is 9.18 Å².